The Morgan fingerprint density at radius 3 is 2.40 bits per heavy atom. The van der Waals surface area contributed by atoms with Gasteiger partial charge < -0.3 is 5.11 Å². The molecule has 6 atom stereocenters. The van der Waals surface area contributed by atoms with Gasteiger partial charge in [0, 0.05) is 0 Å². The fourth-order valence-corrected chi connectivity index (χ4v) is 4.36. The zero-order valence-electron chi connectivity index (χ0n) is 10.7. The summed E-state index contributed by atoms with van der Waals surface area (Å²) in [6.07, 6.45) is 4.82. The van der Waals surface area contributed by atoms with E-state index >= 15 is 0 Å². The molecule has 0 aromatic rings. The van der Waals surface area contributed by atoms with Crippen molar-refractivity contribution < 1.29 is 5.11 Å². The van der Waals surface area contributed by atoms with Gasteiger partial charge in [-0.05, 0) is 54.8 Å². The molecule has 0 aliphatic heterocycles. The van der Waals surface area contributed by atoms with Gasteiger partial charge in [0.2, 0.25) is 0 Å². The third kappa shape index (κ3) is 1.63. The first-order chi connectivity index (χ1) is 6.96. The minimum Gasteiger partial charge on any atom is -0.393 e. The molecule has 0 aromatic carbocycles. The molecule has 0 spiro atoms. The number of aliphatic hydroxyl groups excluding tert-OH is 1. The second-order valence-corrected chi connectivity index (χ2v) is 6.52. The molecule has 2 aliphatic rings. The van der Waals surface area contributed by atoms with Gasteiger partial charge in [0.25, 0.3) is 0 Å². The van der Waals surface area contributed by atoms with Crippen LogP contribution < -0.4 is 0 Å². The van der Waals surface area contributed by atoms with Gasteiger partial charge in [-0.25, -0.2) is 0 Å². The molecule has 0 aromatic heterocycles. The first-order valence-corrected chi connectivity index (χ1v) is 6.64. The van der Waals surface area contributed by atoms with Crippen molar-refractivity contribution in [3.8, 4) is 0 Å². The van der Waals surface area contributed by atoms with E-state index in [1.807, 2.05) is 0 Å². The Kier molecular flexibility index (Phi) is 2.87. The van der Waals surface area contributed by atoms with E-state index in [4.69, 9.17) is 0 Å². The highest BCUT2D eigenvalue weighted by Gasteiger charge is 2.52. The molecule has 0 amide bonds. The minimum atomic E-state index is -0.0544. The van der Waals surface area contributed by atoms with E-state index in [1.165, 1.54) is 19.3 Å². The molecule has 6 unspecified atom stereocenters. The topological polar surface area (TPSA) is 20.2 Å². The molecule has 0 bridgehead atoms. The molecule has 15 heavy (non-hydrogen) atoms. The summed E-state index contributed by atoms with van der Waals surface area (Å²) in [6, 6.07) is 0. The number of rotatable bonds is 0. The Balaban J connectivity index is 2.28. The molecule has 2 aliphatic carbocycles. The zero-order chi connectivity index (χ0) is 11.2. The summed E-state index contributed by atoms with van der Waals surface area (Å²) in [5.74, 6) is 3.10. The molecule has 2 rings (SSSR count). The van der Waals surface area contributed by atoms with Crippen LogP contribution in [0.25, 0.3) is 0 Å². The van der Waals surface area contributed by atoms with Crippen LogP contribution in [0.5, 0.6) is 0 Å². The SMILES string of the molecule is CC1CC(C)C2(C)C(O)CCC(C)C2C1. The fourth-order valence-electron chi connectivity index (χ4n) is 4.36. The van der Waals surface area contributed by atoms with Crippen LogP contribution in [-0.4, -0.2) is 11.2 Å². The standard InChI is InChI=1S/C14H26O/c1-9-7-11(3)14(4)12(8-9)10(2)5-6-13(14)15/h9-13,15H,5-8H2,1-4H3. The highest BCUT2D eigenvalue weighted by atomic mass is 16.3. The van der Waals surface area contributed by atoms with Crippen molar-refractivity contribution in [2.75, 3.05) is 0 Å². The van der Waals surface area contributed by atoms with Gasteiger partial charge in [0.15, 0.2) is 0 Å². The van der Waals surface area contributed by atoms with Gasteiger partial charge in [-0.3, -0.25) is 0 Å². The van der Waals surface area contributed by atoms with E-state index in [9.17, 15) is 5.11 Å². The molecule has 0 heterocycles. The van der Waals surface area contributed by atoms with Gasteiger partial charge in [-0.1, -0.05) is 27.7 Å². The smallest absolute Gasteiger partial charge is 0.0599 e. The summed E-state index contributed by atoms with van der Waals surface area (Å²) in [5.41, 5.74) is 0.199. The van der Waals surface area contributed by atoms with Gasteiger partial charge in [-0.2, -0.15) is 0 Å². The van der Waals surface area contributed by atoms with Crippen molar-refractivity contribution in [3.63, 3.8) is 0 Å². The van der Waals surface area contributed by atoms with Crippen molar-refractivity contribution in [1.82, 2.24) is 0 Å². The summed E-state index contributed by atoms with van der Waals surface area (Å²) in [6.45, 7) is 9.46. The summed E-state index contributed by atoms with van der Waals surface area (Å²) in [5, 5.41) is 10.3. The number of aliphatic hydroxyl groups is 1. The second kappa shape index (κ2) is 3.76. The van der Waals surface area contributed by atoms with Gasteiger partial charge in [0.05, 0.1) is 6.10 Å². The number of fused-ring (bicyclic) bond motifs is 1. The van der Waals surface area contributed by atoms with Crippen LogP contribution in [0.4, 0.5) is 0 Å². The fraction of sp³-hybridized carbons (Fsp3) is 1.00. The predicted octanol–water partition coefficient (Wildman–Crippen LogP) is 3.47. The lowest BCUT2D eigenvalue weighted by Gasteiger charge is -2.56. The summed E-state index contributed by atoms with van der Waals surface area (Å²) >= 11 is 0. The molecule has 1 nitrogen and oxygen atoms in total. The van der Waals surface area contributed by atoms with Gasteiger partial charge in [-0.15, -0.1) is 0 Å². The van der Waals surface area contributed by atoms with Crippen LogP contribution in [0, 0.1) is 29.1 Å². The number of hydrogen-bond acceptors (Lipinski definition) is 1. The average Bonchev–Trinajstić information content (AvgIpc) is 2.17. The van der Waals surface area contributed by atoms with Gasteiger partial charge in [0.1, 0.15) is 0 Å². The Hall–Kier alpha value is -0.0400. The predicted molar refractivity (Wildman–Crippen MR) is 63.6 cm³/mol. The molecule has 88 valence electrons. The highest BCUT2D eigenvalue weighted by molar-refractivity contribution is 5.01. The summed E-state index contributed by atoms with van der Waals surface area (Å²) in [4.78, 5) is 0. The molecule has 1 heteroatoms. The third-order valence-corrected chi connectivity index (χ3v) is 5.57. The second-order valence-electron chi connectivity index (χ2n) is 6.52. The van der Waals surface area contributed by atoms with Crippen molar-refractivity contribution in [3.05, 3.63) is 0 Å². The van der Waals surface area contributed by atoms with Crippen LogP contribution in [-0.2, 0) is 0 Å². The Bertz CT molecular complexity index is 237. The van der Waals surface area contributed by atoms with Gasteiger partial charge >= 0.3 is 0 Å². The quantitative estimate of drug-likeness (QED) is 0.649. The molecule has 0 saturated heterocycles. The Morgan fingerprint density at radius 1 is 1.07 bits per heavy atom. The monoisotopic (exact) mass is 210 g/mol. The van der Waals surface area contributed by atoms with Crippen LogP contribution in [0.1, 0.15) is 53.4 Å². The lowest BCUT2D eigenvalue weighted by atomic mass is 9.50. The van der Waals surface area contributed by atoms with E-state index < -0.39 is 0 Å². The van der Waals surface area contributed by atoms with Crippen molar-refractivity contribution >= 4 is 0 Å². The average molecular weight is 210 g/mol. The van der Waals surface area contributed by atoms with Crippen molar-refractivity contribution in [2.45, 2.75) is 59.5 Å². The normalized spacial score (nSPS) is 56.2. The largest absolute Gasteiger partial charge is 0.393 e. The minimum absolute atomic E-state index is 0.0544. The molecular formula is C14H26O. The van der Waals surface area contributed by atoms with E-state index in [0.717, 1.165) is 24.2 Å². The van der Waals surface area contributed by atoms with Crippen LogP contribution >= 0.6 is 0 Å². The highest BCUT2D eigenvalue weighted by Crippen LogP contribution is 2.56. The van der Waals surface area contributed by atoms with E-state index in [-0.39, 0.29) is 11.5 Å². The first kappa shape index (κ1) is 11.4. The lowest BCUT2D eigenvalue weighted by molar-refractivity contribution is -0.129. The zero-order valence-corrected chi connectivity index (χ0v) is 10.7. The first-order valence-electron chi connectivity index (χ1n) is 6.64. The maximum absolute atomic E-state index is 10.3. The lowest BCUT2D eigenvalue weighted by Crippen LogP contribution is -2.53. The molecule has 0 radical (unpaired) electrons. The Labute approximate surface area is 94.3 Å². The molecule has 2 saturated carbocycles. The van der Waals surface area contributed by atoms with E-state index in [2.05, 4.69) is 27.7 Å². The van der Waals surface area contributed by atoms with Crippen molar-refractivity contribution in [1.29, 1.82) is 0 Å². The van der Waals surface area contributed by atoms with E-state index in [0.29, 0.717) is 5.92 Å². The maximum atomic E-state index is 10.3. The third-order valence-electron chi connectivity index (χ3n) is 5.57. The van der Waals surface area contributed by atoms with Crippen LogP contribution in [0.15, 0.2) is 0 Å². The summed E-state index contributed by atoms with van der Waals surface area (Å²) in [7, 11) is 0. The summed E-state index contributed by atoms with van der Waals surface area (Å²) < 4.78 is 0. The van der Waals surface area contributed by atoms with Crippen LogP contribution in [0.3, 0.4) is 0 Å². The number of hydrogen-bond donors (Lipinski definition) is 1. The van der Waals surface area contributed by atoms with Crippen LogP contribution in [0.2, 0.25) is 0 Å². The van der Waals surface area contributed by atoms with E-state index in [1.54, 1.807) is 0 Å². The van der Waals surface area contributed by atoms with Crippen molar-refractivity contribution in [2.24, 2.45) is 29.1 Å². The maximum Gasteiger partial charge on any atom is 0.0599 e. The molecular weight excluding hydrogens is 184 g/mol. The molecule has 2 fully saturated rings. The Morgan fingerprint density at radius 2 is 1.73 bits per heavy atom. The molecule has 1 N–H and O–H groups in total.